The summed E-state index contributed by atoms with van der Waals surface area (Å²) in [6, 6.07) is 7.30. The Kier molecular flexibility index (Phi) is 3.82. The molecule has 0 unspecified atom stereocenters. The van der Waals surface area contributed by atoms with E-state index in [0.717, 1.165) is 19.0 Å². The van der Waals surface area contributed by atoms with Crippen LogP contribution in [0.4, 0.5) is 14.6 Å². The van der Waals surface area contributed by atoms with Crippen molar-refractivity contribution >= 4 is 5.82 Å². The lowest BCUT2D eigenvalue weighted by atomic mass is 10.1. The third-order valence-corrected chi connectivity index (χ3v) is 2.45. The molecular formula is C13H13F2N3. The van der Waals surface area contributed by atoms with Gasteiger partial charge >= 0.3 is 0 Å². The van der Waals surface area contributed by atoms with Crippen LogP contribution in [0.2, 0.25) is 0 Å². The van der Waals surface area contributed by atoms with E-state index >= 15 is 0 Å². The van der Waals surface area contributed by atoms with E-state index in [1.54, 1.807) is 12.1 Å². The monoisotopic (exact) mass is 249 g/mol. The molecule has 1 heterocycles. The van der Waals surface area contributed by atoms with Crippen LogP contribution in [0.5, 0.6) is 0 Å². The van der Waals surface area contributed by atoms with Crippen molar-refractivity contribution in [2.24, 2.45) is 0 Å². The van der Waals surface area contributed by atoms with Crippen LogP contribution in [0, 0.1) is 11.6 Å². The second-order valence-corrected chi connectivity index (χ2v) is 3.83. The lowest BCUT2D eigenvalue weighted by Gasteiger charge is -2.05. The Morgan fingerprint density at radius 1 is 1.11 bits per heavy atom. The lowest BCUT2D eigenvalue weighted by Crippen LogP contribution is -2.03. The number of nitrogens with zero attached hydrogens (tertiary/aromatic N) is 2. The van der Waals surface area contributed by atoms with E-state index in [2.05, 4.69) is 15.5 Å². The molecule has 0 saturated carbocycles. The molecule has 0 spiro atoms. The minimum absolute atomic E-state index is 0.115. The summed E-state index contributed by atoms with van der Waals surface area (Å²) in [5.74, 6) is -1.17. The molecule has 0 aliphatic carbocycles. The highest BCUT2D eigenvalue weighted by Gasteiger charge is 2.10. The van der Waals surface area contributed by atoms with Crippen LogP contribution in [-0.4, -0.2) is 16.7 Å². The number of hydrogen-bond donors (Lipinski definition) is 1. The molecule has 0 radical (unpaired) electrons. The average Bonchev–Trinajstić information content (AvgIpc) is 2.40. The molecule has 2 rings (SSSR count). The van der Waals surface area contributed by atoms with Crippen LogP contribution in [0.1, 0.15) is 13.3 Å². The van der Waals surface area contributed by atoms with Crippen LogP contribution in [0.25, 0.3) is 11.3 Å². The van der Waals surface area contributed by atoms with E-state index in [9.17, 15) is 8.78 Å². The minimum Gasteiger partial charge on any atom is -0.369 e. The SMILES string of the molecule is CCCNc1ccc(-c2cccc(F)c2F)nn1. The molecule has 5 heteroatoms. The van der Waals surface area contributed by atoms with Crippen molar-refractivity contribution in [2.75, 3.05) is 11.9 Å². The lowest BCUT2D eigenvalue weighted by molar-refractivity contribution is 0.511. The molecule has 0 amide bonds. The second-order valence-electron chi connectivity index (χ2n) is 3.83. The van der Waals surface area contributed by atoms with Crippen molar-refractivity contribution in [1.29, 1.82) is 0 Å². The van der Waals surface area contributed by atoms with Gasteiger partial charge in [0.25, 0.3) is 0 Å². The molecule has 0 atom stereocenters. The summed E-state index contributed by atoms with van der Waals surface area (Å²) in [6.45, 7) is 2.83. The van der Waals surface area contributed by atoms with Gasteiger partial charge in [0, 0.05) is 12.1 Å². The molecule has 0 bridgehead atoms. The Labute approximate surface area is 104 Å². The fourth-order valence-corrected chi connectivity index (χ4v) is 1.52. The standard InChI is InChI=1S/C13H13F2N3/c1-2-8-16-12-7-6-11(17-18-12)9-4-3-5-10(14)13(9)15/h3-7H,2,8H2,1H3,(H,16,18). The Balaban J connectivity index is 2.26. The fraction of sp³-hybridized carbons (Fsp3) is 0.231. The van der Waals surface area contributed by atoms with Gasteiger partial charge in [0.05, 0.1) is 5.69 Å². The number of halogens is 2. The van der Waals surface area contributed by atoms with Gasteiger partial charge in [-0.25, -0.2) is 8.78 Å². The summed E-state index contributed by atoms with van der Waals surface area (Å²) in [4.78, 5) is 0. The van der Waals surface area contributed by atoms with Crippen LogP contribution >= 0.6 is 0 Å². The number of nitrogens with one attached hydrogen (secondary N) is 1. The van der Waals surface area contributed by atoms with Gasteiger partial charge in [0.15, 0.2) is 11.6 Å². The maximum Gasteiger partial charge on any atom is 0.168 e. The van der Waals surface area contributed by atoms with Gasteiger partial charge in [-0.05, 0) is 30.7 Å². The highest BCUT2D eigenvalue weighted by atomic mass is 19.2. The fourth-order valence-electron chi connectivity index (χ4n) is 1.52. The molecular weight excluding hydrogens is 236 g/mol. The molecule has 2 aromatic rings. The van der Waals surface area contributed by atoms with Crippen molar-refractivity contribution in [3.63, 3.8) is 0 Å². The topological polar surface area (TPSA) is 37.8 Å². The number of aromatic nitrogens is 2. The van der Waals surface area contributed by atoms with Crippen molar-refractivity contribution in [3.8, 4) is 11.3 Å². The highest BCUT2D eigenvalue weighted by Crippen LogP contribution is 2.22. The summed E-state index contributed by atoms with van der Waals surface area (Å²) in [5.41, 5.74) is 0.429. The maximum absolute atomic E-state index is 13.5. The predicted molar refractivity (Wildman–Crippen MR) is 66.2 cm³/mol. The zero-order chi connectivity index (χ0) is 13.0. The smallest absolute Gasteiger partial charge is 0.168 e. The molecule has 0 saturated heterocycles. The Morgan fingerprint density at radius 2 is 1.94 bits per heavy atom. The van der Waals surface area contributed by atoms with Gasteiger partial charge in [-0.1, -0.05) is 13.0 Å². The van der Waals surface area contributed by atoms with E-state index in [0.29, 0.717) is 11.5 Å². The molecule has 0 aliphatic rings. The summed E-state index contributed by atoms with van der Waals surface area (Å²) in [7, 11) is 0. The van der Waals surface area contributed by atoms with Gasteiger partial charge in [-0.15, -0.1) is 10.2 Å². The zero-order valence-electron chi connectivity index (χ0n) is 9.95. The Bertz CT molecular complexity index is 526. The summed E-state index contributed by atoms with van der Waals surface area (Å²) in [5, 5.41) is 10.9. The number of hydrogen-bond acceptors (Lipinski definition) is 3. The summed E-state index contributed by atoms with van der Waals surface area (Å²) in [6.07, 6.45) is 0.974. The van der Waals surface area contributed by atoms with Gasteiger partial charge < -0.3 is 5.32 Å². The van der Waals surface area contributed by atoms with Gasteiger partial charge in [-0.2, -0.15) is 0 Å². The molecule has 18 heavy (non-hydrogen) atoms. The molecule has 1 N–H and O–H groups in total. The van der Waals surface area contributed by atoms with E-state index in [1.165, 1.54) is 12.1 Å². The first-order chi connectivity index (χ1) is 8.72. The quantitative estimate of drug-likeness (QED) is 0.903. The summed E-state index contributed by atoms with van der Waals surface area (Å²) < 4.78 is 26.6. The number of benzene rings is 1. The highest BCUT2D eigenvalue weighted by molar-refractivity contribution is 5.60. The predicted octanol–water partition coefficient (Wildman–Crippen LogP) is 3.24. The van der Waals surface area contributed by atoms with Crippen LogP contribution in [-0.2, 0) is 0 Å². The third-order valence-electron chi connectivity index (χ3n) is 2.45. The average molecular weight is 249 g/mol. The molecule has 94 valence electrons. The first kappa shape index (κ1) is 12.4. The van der Waals surface area contributed by atoms with Crippen molar-refractivity contribution in [1.82, 2.24) is 10.2 Å². The molecule has 1 aromatic carbocycles. The van der Waals surface area contributed by atoms with Crippen molar-refractivity contribution in [2.45, 2.75) is 13.3 Å². The van der Waals surface area contributed by atoms with E-state index in [1.807, 2.05) is 6.92 Å². The van der Waals surface area contributed by atoms with E-state index in [4.69, 9.17) is 0 Å². The minimum atomic E-state index is -0.902. The zero-order valence-corrected chi connectivity index (χ0v) is 9.95. The molecule has 0 fully saturated rings. The van der Waals surface area contributed by atoms with Crippen LogP contribution < -0.4 is 5.32 Å². The van der Waals surface area contributed by atoms with Crippen LogP contribution in [0.15, 0.2) is 30.3 Å². The number of anilines is 1. The number of rotatable bonds is 4. The Hall–Kier alpha value is -2.04. The normalized spacial score (nSPS) is 10.4. The van der Waals surface area contributed by atoms with Crippen molar-refractivity contribution < 1.29 is 8.78 Å². The van der Waals surface area contributed by atoms with Gasteiger partial charge in [-0.3, -0.25) is 0 Å². The van der Waals surface area contributed by atoms with Gasteiger partial charge in [0.2, 0.25) is 0 Å². The summed E-state index contributed by atoms with van der Waals surface area (Å²) >= 11 is 0. The van der Waals surface area contributed by atoms with Crippen molar-refractivity contribution in [3.05, 3.63) is 42.0 Å². The largest absolute Gasteiger partial charge is 0.369 e. The first-order valence-corrected chi connectivity index (χ1v) is 5.74. The molecule has 3 nitrogen and oxygen atoms in total. The Morgan fingerprint density at radius 3 is 2.61 bits per heavy atom. The maximum atomic E-state index is 13.5. The first-order valence-electron chi connectivity index (χ1n) is 5.74. The molecule has 0 aliphatic heterocycles. The van der Waals surface area contributed by atoms with Crippen LogP contribution in [0.3, 0.4) is 0 Å². The van der Waals surface area contributed by atoms with E-state index < -0.39 is 11.6 Å². The van der Waals surface area contributed by atoms with Gasteiger partial charge in [0.1, 0.15) is 5.82 Å². The second kappa shape index (κ2) is 5.53. The molecule has 1 aromatic heterocycles. The third kappa shape index (κ3) is 2.61. The van der Waals surface area contributed by atoms with E-state index in [-0.39, 0.29) is 5.56 Å².